The number of benzene rings is 2. The Balaban J connectivity index is 2.02. The van der Waals surface area contributed by atoms with Crippen LogP contribution < -0.4 is 16.0 Å². The fourth-order valence-electron chi connectivity index (χ4n) is 2.03. The number of anilines is 2. The fourth-order valence-corrected chi connectivity index (χ4v) is 2.22. The molecule has 2 aromatic carbocycles. The minimum atomic E-state index is -0.478. The van der Waals surface area contributed by atoms with E-state index in [2.05, 4.69) is 16.0 Å². The van der Waals surface area contributed by atoms with Crippen LogP contribution in [0, 0.1) is 0 Å². The van der Waals surface area contributed by atoms with Gasteiger partial charge in [-0.05, 0) is 43.3 Å². The molecule has 2 rings (SSSR count). The number of halogens is 1. The lowest BCUT2D eigenvalue weighted by atomic mass is 10.1. The van der Waals surface area contributed by atoms with E-state index in [1.807, 2.05) is 0 Å². The van der Waals surface area contributed by atoms with Gasteiger partial charge in [-0.15, -0.1) is 0 Å². The summed E-state index contributed by atoms with van der Waals surface area (Å²) in [6.07, 6.45) is 0. The first kappa shape index (κ1) is 16.8. The number of nitrogens with one attached hydrogen (secondary N) is 3. The molecule has 0 aliphatic carbocycles. The summed E-state index contributed by atoms with van der Waals surface area (Å²) in [7, 11) is 1.57. The monoisotopic (exact) mass is 331 g/mol. The van der Waals surface area contributed by atoms with Crippen molar-refractivity contribution in [3.05, 3.63) is 59.1 Å². The van der Waals surface area contributed by atoms with Crippen molar-refractivity contribution in [1.82, 2.24) is 5.32 Å². The van der Waals surface area contributed by atoms with Crippen LogP contribution in [0.25, 0.3) is 0 Å². The molecule has 0 saturated heterocycles. The summed E-state index contributed by atoms with van der Waals surface area (Å²) in [5, 5.41) is 8.98. The molecule has 0 aromatic heterocycles. The molecule has 2 aromatic rings. The number of amides is 2. The zero-order chi connectivity index (χ0) is 16.8. The van der Waals surface area contributed by atoms with Gasteiger partial charge in [0.1, 0.15) is 6.04 Å². The molecular weight excluding hydrogens is 314 g/mol. The number of carbonyl (C=O) groups excluding carboxylic acids is 2. The third kappa shape index (κ3) is 4.72. The Bertz CT molecular complexity index is 718. The Morgan fingerprint density at radius 3 is 2.43 bits per heavy atom. The van der Waals surface area contributed by atoms with Gasteiger partial charge in [0, 0.05) is 29.0 Å². The van der Waals surface area contributed by atoms with Gasteiger partial charge < -0.3 is 16.0 Å². The Labute approximate surface area is 140 Å². The van der Waals surface area contributed by atoms with Crippen LogP contribution in [0.3, 0.4) is 0 Å². The van der Waals surface area contributed by atoms with Gasteiger partial charge in [0.25, 0.3) is 5.91 Å². The molecular formula is C17H18ClN3O2. The van der Waals surface area contributed by atoms with Crippen LogP contribution in [0.4, 0.5) is 11.4 Å². The summed E-state index contributed by atoms with van der Waals surface area (Å²) in [6.45, 7) is 1.74. The average molecular weight is 332 g/mol. The molecule has 0 aliphatic heterocycles. The molecule has 1 unspecified atom stereocenters. The van der Waals surface area contributed by atoms with E-state index in [-0.39, 0.29) is 11.8 Å². The highest BCUT2D eigenvalue weighted by atomic mass is 35.5. The largest absolute Gasteiger partial charge is 0.374 e. The van der Waals surface area contributed by atoms with Crippen LogP contribution in [0.1, 0.15) is 17.3 Å². The number of hydrogen-bond donors (Lipinski definition) is 3. The van der Waals surface area contributed by atoms with Crippen LogP contribution in [0.2, 0.25) is 5.02 Å². The highest BCUT2D eigenvalue weighted by Crippen LogP contribution is 2.16. The van der Waals surface area contributed by atoms with Crippen molar-refractivity contribution in [3.8, 4) is 0 Å². The van der Waals surface area contributed by atoms with Gasteiger partial charge in [-0.2, -0.15) is 0 Å². The van der Waals surface area contributed by atoms with Crippen molar-refractivity contribution >= 4 is 34.8 Å². The topological polar surface area (TPSA) is 70.2 Å². The third-order valence-corrected chi connectivity index (χ3v) is 3.46. The van der Waals surface area contributed by atoms with Gasteiger partial charge >= 0.3 is 0 Å². The average Bonchev–Trinajstić information content (AvgIpc) is 2.54. The van der Waals surface area contributed by atoms with Crippen molar-refractivity contribution in [1.29, 1.82) is 0 Å². The lowest BCUT2D eigenvalue weighted by Crippen LogP contribution is -2.32. The second-order valence-electron chi connectivity index (χ2n) is 5.03. The molecule has 23 heavy (non-hydrogen) atoms. The maximum Gasteiger partial charge on any atom is 0.251 e. The predicted molar refractivity (Wildman–Crippen MR) is 93.0 cm³/mol. The molecule has 0 aliphatic rings. The van der Waals surface area contributed by atoms with Crippen LogP contribution in [-0.2, 0) is 4.79 Å². The summed E-state index contributed by atoms with van der Waals surface area (Å²) in [5.41, 5.74) is 1.86. The second kappa shape index (κ2) is 7.65. The highest BCUT2D eigenvalue weighted by Gasteiger charge is 2.13. The van der Waals surface area contributed by atoms with Crippen molar-refractivity contribution < 1.29 is 9.59 Å². The molecule has 0 saturated carbocycles. The summed E-state index contributed by atoms with van der Waals surface area (Å²) in [4.78, 5) is 23.8. The van der Waals surface area contributed by atoms with Gasteiger partial charge in [-0.3, -0.25) is 9.59 Å². The van der Waals surface area contributed by atoms with Crippen LogP contribution in [-0.4, -0.2) is 24.9 Å². The van der Waals surface area contributed by atoms with E-state index in [0.717, 1.165) is 0 Å². The van der Waals surface area contributed by atoms with Gasteiger partial charge in [0.05, 0.1) is 0 Å². The van der Waals surface area contributed by atoms with Gasteiger partial charge in [-0.25, -0.2) is 0 Å². The first-order valence-electron chi connectivity index (χ1n) is 7.14. The van der Waals surface area contributed by atoms with Gasteiger partial charge in [-0.1, -0.05) is 23.7 Å². The second-order valence-corrected chi connectivity index (χ2v) is 5.46. The maximum absolute atomic E-state index is 12.2. The quantitative estimate of drug-likeness (QED) is 0.788. The minimum absolute atomic E-state index is 0.176. The summed E-state index contributed by atoms with van der Waals surface area (Å²) < 4.78 is 0. The lowest BCUT2D eigenvalue weighted by Gasteiger charge is -2.16. The molecule has 3 N–H and O–H groups in total. The zero-order valence-corrected chi connectivity index (χ0v) is 13.6. The first-order chi connectivity index (χ1) is 11.0. The Kier molecular flexibility index (Phi) is 5.60. The van der Waals surface area contributed by atoms with E-state index in [9.17, 15) is 9.59 Å². The zero-order valence-electron chi connectivity index (χ0n) is 12.9. The van der Waals surface area contributed by atoms with Crippen molar-refractivity contribution in [2.45, 2.75) is 13.0 Å². The molecule has 0 fully saturated rings. The van der Waals surface area contributed by atoms with E-state index >= 15 is 0 Å². The summed E-state index contributed by atoms with van der Waals surface area (Å²) >= 11 is 5.89. The number of carbonyl (C=O) groups is 2. The first-order valence-corrected chi connectivity index (χ1v) is 7.52. The third-order valence-electron chi connectivity index (χ3n) is 3.22. The molecule has 0 heterocycles. The number of hydrogen-bond acceptors (Lipinski definition) is 3. The molecule has 6 heteroatoms. The van der Waals surface area contributed by atoms with Crippen molar-refractivity contribution in [3.63, 3.8) is 0 Å². The van der Waals surface area contributed by atoms with Crippen LogP contribution in [0.15, 0.2) is 48.5 Å². The molecule has 0 bridgehead atoms. The van der Waals surface area contributed by atoms with E-state index in [1.54, 1.807) is 62.5 Å². The molecule has 5 nitrogen and oxygen atoms in total. The van der Waals surface area contributed by atoms with E-state index in [1.165, 1.54) is 0 Å². The standard InChI is InChI=1S/C17H18ClN3O2/c1-11(16(22)21-15-8-4-6-13(18)10-15)20-14-7-3-5-12(9-14)17(23)19-2/h3-11,20H,1-2H3,(H,19,23)(H,21,22). The molecule has 1 atom stereocenters. The SMILES string of the molecule is CNC(=O)c1cccc(NC(C)C(=O)Nc2cccc(Cl)c2)c1. The lowest BCUT2D eigenvalue weighted by molar-refractivity contribution is -0.116. The summed E-state index contributed by atoms with van der Waals surface area (Å²) in [5.74, 6) is -0.373. The number of rotatable bonds is 5. The van der Waals surface area contributed by atoms with Crippen molar-refractivity contribution in [2.75, 3.05) is 17.7 Å². The maximum atomic E-state index is 12.2. The van der Waals surface area contributed by atoms with Gasteiger partial charge in [0.15, 0.2) is 0 Å². The molecule has 2 amide bonds. The normalized spacial score (nSPS) is 11.4. The minimum Gasteiger partial charge on any atom is -0.374 e. The Hall–Kier alpha value is -2.53. The van der Waals surface area contributed by atoms with E-state index < -0.39 is 6.04 Å². The fraction of sp³-hybridized carbons (Fsp3) is 0.176. The molecule has 120 valence electrons. The Morgan fingerprint density at radius 2 is 1.74 bits per heavy atom. The van der Waals surface area contributed by atoms with Crippen LogP contribution in [0.5, 0.6) is 0 Å². The highest BCUT2D eigenvalue weighted by molar-refractivity contribution is 6.30. The predicted octanol–water partition coefficient (Wildman–Crippen LogP) is 3.14. The Morgan fingerprint density at radius 1 is 1.04 bits per heavy atom. The molecule has 0 spiro atoms. The van der Waals surface area contributed by atoms with Crippen LogP contribution >= 0.6 is 11.6 Å². The molecule has 0 radical (unpaired) electrons. The van der Waals surface area contributed by atoms with Gasteiger partial charge in [0.2, 0.25) is 5.91 Å². The smallest absolute Gasteiger partial charge is 0.251 e. The van der Waals surface area contributed by atoms with Crippen molar-refractivity contribution in [2.24, 2.45) is 0 Å². The van der Waals surface area contributed by atoms with E-state index in [4.69, 9.17) is 11.6 Å². The van der Waals surface area contributed by atoms with E-state index in [0.29, 0.717) is 22.0 Å². The summed E-state index contributed by atoms with van der Waals surface area (Å²) in [6, 6.07) is 13.4.